The fraction of sp³-hybridized carbons (Fsp3) is 0.467. The molecule has 0 heterocycles. The zero-order valence-corrected chi connectivity index (χ0v) is 10.6. The van der Waals surface area contributed by atoms with Crippen molar-refractivity contribution in [3.8, 4) is 5.75 Å². The van der Waals surface area contributed by atoms with Crippen LogP contribution in [0.25, 0.3) is 0 Å². The number of rotatable bonds is 6. The predicted molar refractivity (Wildman–Crippen MR) is 70.1 cm³/mol. The van der Waals surface area contributed by atoms with Gasteiger partial charge in [-0.25, -0.2) is 0 Å². The van der Waals surface area contributed by atoms with E-state index in [1.807, 2.05) is 0 Å². The van der Waals surface area contributed by atoms with Gasteiger partial charge < -0.3 is 4.74 Å². The molecule has 0 aliphatic carbocycles. The van der Waals surface area contributed by atoms with Gasteiger partial charge in [-0.15, -0.1) is 0 Å². The summed E-state index contributed by atoms with van der Waals surface area (Å²) < 4.78 is 5.56. The number of benzene rings is 1. The van der Waals surface area contributed by atoms with Crippen LogP contribution >= 0.6 is 0 Å². The van der Waals surface area contributed by atoms with Crippen LogP contribution < -0.4 is 4.74 Å². The van der Waals surface area contributed by atoms with Crippen molar-refractivity contribution in [3.05, 3.63) is 42.0 Å². The Morgan fingerprint density at radius 3 is 2.50 bits per heavy atom. The summed E-state index contributed by atoms with van der Waals surface area (Å²) in [6.07, 6.45) is 6.48. The van der Waals surface area contributed by atoms with Gasteiger partial charge in [0.25, 0.3) is 0 Å². The van der Waals surface area contributed by atoms with E-state index in [0.29, 0.717) is 5.92 Å². The van der Waals surface area contributed by atoms with E-state index in [-0.39, 0.29) is 0 Å². The van der Waals surface area contributed by atoms with Crippen molar-refractivity contribution < 1.29 is 4.74 Å². The Morgan fingerprint density at radius 1 is 1.25 bits per heavy atom. The average molecular weight is 218 g/mol. The Labute approximate surface area is 99.1 Å². The molecule has 1 aromatic rings. The molecule has 1 rings (SSSR count). The monoisotopic (exact) mass is 218 g/mol. The molecule has 1 aromatic carbocycles. The molecule has 1 atom stereocenters. The minimum atomic E-state index is 0.580. The molecule has 16 heavy (non-hydrogen) atoms. The van der Waals surface area contributed by atoms with E-state index < -0.39 is 0 Å². The summed E-state index contributed by atoms with van der Waals surface area (Å²) in [5, 5.41) is 0. The normalized spacial score (nSPS) is 12.9. The Bertz CT molecular complexity index is 311. The molecule has 1 heteroatoms. The number of hydrogen-bond donors (Lipinski definition) is 0. The van der Waals surface area contributed by atoms with E-state index in [0.717, 1.165) is 25.2 Å². The van der Waals surface area contributed by atoms with Gasteiger partial charge in [-0.3, -0.25) is 0 Å². The fourth-order valence-electron chi connectivity index (χ4n) is 1.59. The van der Waals surface area contributed by atoms with Gasteiger partial charge in [-0.2, -0.15) is 0 Å². The third kappa shape index (κ3) is 4.09. The summed E-state index contributed by atoms with van der Waals surface area (Å²) in [6.45, 7) is 7.23. The maximum absolute atomic E-state index is 5.56. The molecule has 0 fully saturated rings. The minimum absolute atomic E-state index is 0.580. The van der Waals surface area contributed by atoms with Crippen LogP contribution in [-0.2, 0) is 0 Å². The fourth-order valence-corrected chi connectivity index (χ4v) is 1.59. The quantitative estimate of drug-likeness (QED) is 0.637. The smallest absolute Gasteiger partial charge is 0.119 e. The number of ether oxygens (including phenoxy) is 1. The first-order valence-corrected chi connectivity index (χ1v) is 6.11. The van der Waals surface area contributed by atoms with Crippen LogP contribution in [0.3, 0.4) is 0 Å². The summed E-state index contributed by atoms with van der Waals surface area (Å²) in [6, 6.07) is 8.46. The second-order valence-corrected chi connectivity index (χ2v) is 4.12. The van der Waals surface area contributed by atoms with Crippen molar-refractivity contribution in [1.29, 1.82) is 0 Å². The van der Waals surface area contributed by atoms with Crippen LogP contribution in [0, 0.1) is 0 Å². The molecular weight excluding hydrogens is 196 g/mol. The van der Waals surface area contributed by atoms with Gasteiger partial charge in [0.2, 0.25) is 0 Å². The van der Waals surface area contributed by atoms with Crippen molar-refractivity contribution in [3.63, 3.8) is 0 Å². The lowest BCUT2D eigenvalue weighted by Gasteiger charge is -2.10. The van der Waals surface area contributed by atoms with Crippen molar-refractivity contribution in [2.45, 2.75) is 39.5 Å². The van der Waals surface area contributed by atoms with E-state index in [9.17, 15) is 0 Å². The molecule has 0 spiro atoms. The van der Waals surface area contributed by atoms with Gasteiger partial charge in [-0.05, 0) is 43.4 Å². The first kappa shape index (κ1) is 12.8. The first-order valence-electron chi connectivity index (χ1n) is 6.11. The van der Waals surface area contributed by atoms with Crippen LogP contribution in [0.4, 0.5) is 0 Å². The van der Waals surface area contributed by atoms with E-state index in [1.165, 1.54) is 5.56 Å². The zero-order valence-electron chi connectivity index (χ0n) is 10.6. The zero-order chi connectivity index (χ0) is 11.8. The van der Waals surface area contributed by atoms with Crippen molar-refractivity contribution in [1.82, 2.24) is 0 Å². The SMILES string of the molecule is C/C=C\CC(C)c1ccc(OCCC)cc1. The van der Waals surface area contributed by atoms with Crippen molar-refractivity contribution >= 4 is 0 Å². The average Bonchev–Trinajstić information content (AvgIpc) is 2.34. The van der Waals surface area contributed by atoms with E-state index in [1.54, 1.807) is 0 Å². The Balaban J connectivity index is 2.56. The topological polar surface area (TPSA) is 9.23 Å². The highest BCUT2D eigenvalue weighted by atomic mass is 16.5. The van der Waals surface area contributed by atoms with E-state index in [2.05, 4.69) is 57.2 Å². The number of allylic oxidation sites excluding steroid dienone is 2. The molecule has 0 amide bonds. The summed E-state index contributed by atoms with van der Waals surface area (Å²) in [7, 11) is 0. The summed E-state index contributed by atoms with van der Waals surface area (Å²) in [5.41, 5.74) is 1.38. The van der Waals surface area contributed by atoms with Crippen molar-refractivity contribution in [2.24, 2.45) is 0 Å². The highest BCUT2D eigenvalue weighted by Gasteiger charge is 2.03. The van der Waals surface area contributed by atoms with Gasteiger partial charge in [0.15, 0.2) is 0 Å². The van der Waals surface area contributed by atoms with E-state index >= 15 is 0 Å². The molecule has 0 saturated carbocycles. The molecule has 0 saturated heterocycles. The van der Waals surface area contributed by atoms with E-state index in [4.69, 9.17) is 4.74 Å². The first-order chi connectivity index (χ1) is 7.77. The molecule has 1 unspecified atom stereocenters. The van der Waals surface area contributed by atoms with Gasteiger partial charge in [0.05, 0.1) is 6.61 Å². The summed E-state index contributed by atoms with van der Waals surface area (Å²) in [4.78, 5) is 0. The molecule has 0 aliphatic rings. The second kappa shape index (κ2) is 7.10. The Kier molecular flexibility index (Phi) is 5.69. The third-order valence-corrected chi connectivity index (χ3v) is 2.65. The Hall–Kier alpha value is -1.24. The molecule has 88 valence electrons. The minimum Gasteiger partial charge on any atom is -0.494 e. The molecule has 0 aromatic heterocycles. The highest BCUT2D eigenvalue weighted by Crippen LogP contribution is 2.22. The molecular formula is C15H22O. The molecule has 0 N–H and O–H groups in total. The largest absolute Gasteiger partial charge is 0.494 e. The Morgan fingerprint density at radius 2 is 1.94 bits per heavy atom. The third-order valence-electron chi connectivity index (χ3n) is 2.65. The second-order valence-electron chi connectivity index (χ2n) is 4.12. The van der Waals surface area contributed by atoms with Crippen LogP contribution in [0.2, 0.25) is 0 Å². The lowest BCUT2D eigenvalue weighted by Crippen LogP contribution is -1.96. The standard InChI is InChI=1S/C15H22O/c1-4-6-7-13(3)14-8-10-15(11-9-14)16-12-5-2/h4,6,8-11,13H,5,7,12H2,1-3H3/b6-4-. The highest BCUT2D eigenvalue weighted by molar-refractivity contribution is 5.29. The van der Waals surface area contributed by atoms with Crippen LogP contribution in [0.1, 0.15) is 45.1 Å². The lowest BCUT2D eigenvalue weighted by atomic mass is 9.98. The van der Waals surface area contributed by atoms with Crippen LogP contribution in [-0.4, -0.2) is 6.61 Å². The lowest BCUT2D eigenvalue weighted by molar-refractivity contribution is 0.317. The maximum Gasteiger partial charge on any atom is 0.119 e. The number of hydrogen-bond acceptors (Lipinski definition) is 1. The van der Waals surface area contributed by atoms with Gasteiger partial charge >= 0.3 is 0 Å². The molecule has 0 aliphatic heterocycles. The van der Waals surface area contributed by atoms with Crippen molar-refractivity contribution in [2.75, 3.05) is 6.61 Å². The van der Waals surface area contributed by atoms with Gasteiger partial charge in [0, 0.05) is 0 Å². The summed E-state index contributed by atoms with van der Waals surface area (Å²) in [5.74, 6) is 1.56. The summed E-state index contributed by atoms with van der Waals surface area (Å²) >= 11 is 0. The molecule has 1 nitrogen and oxygen atoms in total. The molecule has 0 radical (unpaired) electrons. The predicted octanol–water partition coefficient (Wildman–Crippen LogP) is 4.55. The van der Waals surface area contributed by atoms with Gasteiger partial charge in [0.1, 0.15) is 5.75 Å². The van der Waals surface area contributed by atoms with Crippen LogP contribution in [0.5, 0.6) is 5.75 Å². The molecule has 0 bridgehead atoms. The van der Waals surface area contributed by atoms with Crippen LogP contribution in [0.15, 0.2) is 36.4 Å². The van der Waals surface area contributed by atoms with Gasteiger partial charge in [-0.1, -0.05) is 38.1 Å². The maximum atomic E-state index is 5.56.